The summed E-state index contributed by atoms with van der Waals surface area (Å²) in [5.74, 6) is -2.71. The van der Waals surface area contributed by atoms with Crippen LogP contribution in [0.5, 0.6) is 0 Å². The zero-order valence-electron chi connectivity index (χ0n) is 37.7. The zero-order chi connectivity index (χ0) is 44.0. The molecule has 1 heterocycles. The lowest BCUT2D eigenvalue weighted by Gasteiger charge is -2.70. The minimum atomic E-state index is -1.38. The Morgan fingerprint density at radius 1 is 0.729 bits per heavy atom. The van der Waals surface area contributed by atoms with Gasteiger partial charge in [0.1, 0.15) is 24.6 Å². The third-order valence-corrected chi connectivity index (χ3v) is 15.7. The number of hydrogen-bond donors (Lipinski definition) is 0. The molecule has 0 spiro atoms. The number of hydrogen-bond acceptors (Lipinski definition) is 13. The number of esters is 5. The van der Waals surface area contributed by atoms with Gasteiger partial charge >= 0.3 is 29.8 Å². The highest BCUT2D eigenvalue weighted by atomic mass is 16.7. The van der Waals surface area contributed by atoms with Crippen molar-refractivity contribution in [1.82, 2.24) is 0 Å². The Hall–Kier alpha value is -3.32. The summed E-state index contributed by atoms with van der Waals surface area (Å²) in [6, 6.07) is 0. The van der Waals surface area contributed by atoms with Gasteiger partial charge in [-0.25, -0.2) is 0 Å². The van der Waals surface area contributed by atoms with Gasteiger partial charge in [-0.2, -0.15) is 0 Å². The van der Waals surface area contributed by atoms with Gasteiger partial charge in [0.15, 0.2) is 24.6 Å². The molecule has 0 radical (unpaired) electrons. The summed E-state index contributed by atoms with van der Waals surface area (Å²) in [6.07, 6.45) is 1.71. The van der Waals surface area contributed by atoms with E-state index >= 15 is 0 Å². The quantitative estimate of drug-likeness (QED) is 0.109. The molecule has 5 rings (SSSR count). The lowest BCUT2D eigenvalue weighted by molar-refractivity contribution is -0.339. The molecule has 13 nitrogen and oxygen atoms in total. The van der Waals surface area contributed by atoms with E-state index in [9.17, 15) is 28.8 Å². The molecule has 4 aliphatic carbocycles. The summed E-state index contributed by atoms with van der Waals surface area (Å²) in [6.45, 7) is 23.4. The monoisotopic (exact) mass is 830 g/mol. The van der Waals surface area contributed by atoms with Crippen molar-refractivity contribution in [2.75, 3.05) is 6.61 Å². The maximum atomic E-state index is 13.4. The van der Waals surface area contributed by atoms with Gasteiger partial charge in [-0.3, -0.25) is 28.8 Å². The number of fused-ring (bicyclic) bond motifs is 5. The number of rotatable bonds is 12. The number of ether oxygens (including phenoxy) is 7. The molecule has 0 unspecified atom stereocenters. The third kappa shape index (κ3) is 8.89. The molecule has 0 bridgehead atoms. The van der Waals surface area contributed by atoms with Crippen LogP contribution >= 0.6 is 0 Å². The van der Waals surface area contributed by atoms with E-state index in [1.165, 1.54) is 34.6 Å². The molecule has 14 atom stereocenters. The molecule has 332 valence electrons. The summed E-state index contributed by atoms with van der Waals surface area (Å²) in [4.78, 5) is 76.4. The fourth-order valence-electron chi connectivity index (χ4n) is 13.1. The van der Waals surface area contributed by atoms with Crippen molar-refractivity contribution in [2.24, 2.45) is 45.3 Å². The first-order valence-electron chi connectivity index (χ1n) is 21.6. The molecule has 59 heavy (non-hydrogen) atoms. The van der Waals surface area contributed by atoms with Crippen LogP contribution in [0.15, 0.2) is 11.6 Å². The molecular weight excluding hydrogens is 760 g/mol. The van der Waals surface area contributed by atoms with Gasteiger partial charge in [-0.1, -0.05) is 46.3 Å². The van der Waals surface area contributed by atoms with Gasteiger partial charge in [0.2, 0.25) is 0 Å². The van der Waals surface area contributed by atoms with E-state index in [4.69, 9.17) is 33.2 Å². The highest BCUT2D eigenvalue weighted by Gasteiger charge is 2.72. The van der Waals surface area contributed by atoms with Crippen LogP contribution in [0.4, 0.5) is 0 Å². The van der Waals surface area contributed by atoms with Crippen LogP contribution in [0, 0.1) is 45.3 Å². The summed E-state index contributed by atoms with van der Waals surface area (Å²) < 4.78 is 42.9. The predicted octanol–water partition coefficient (Wildman–Crippen LogP) is 7.39. The first kappa shape index (κ1) is 46.7. The first-order valence-corrected chi connectivity index (χ1v) is 21.6. The van der Waals surface area contributed by atoms with Crippen LogP contribution in [0.1, 0.15) is 148 Å². The van der Waals surface area contributed by atoms with Crippen molar-refractivity contribution in [1.29, 1.82) is 0 Å². The van der Waals surface area contributed by atoms with Crippen molar-refractivity contribution in [2.45, 2.75) is 190 Å². The van der Waals surface area contributed by atoms with Gasteiger partial charge in [-0.15, -0.1) is 0 Å². The fraction of sp³-hybridized carbons (Fsp3) is 0.826. The van der Waals surface area contributed by atoms with Crippen LogP contribution in [0.3, 0.4) is 0 Å². The van der Waals surface area contributed by atoms with E-state index in [1.807, 2.05) is 20.8 Å². The molecule has 0 N–H and O–H groups in total. The number of Topliss-reactive ketones (excluding diaryl/α,β-unsaturated/α-hetero) is 1. The second-order valence-corrected chi connectivity index (χ2v) is 20.0. The molecule has 13 heteroatoms. The Morgan fingerprint density at radius 2 is 1.31 bits per heavy atom. The van der Waals surface area contributed by atoms with Crippen LogP contribution in [0.25, 0.3) is 0 Å². The maximum Gasteiger partial charge on any atom is 0.303 e. The van der Waals surface area contributed by atoms with E-state index in [2.05, 4.69) is 40.7 Å². The number of allylic oxidation sites excluding steroid dienone is 2. The molecule has 0 amide bonds. The van der Waals surface area contributed by atoms with Gasteiger partial charge in [0.25, 0.3) is 0 Å². The van der Waals surface area contributed by atoms with E-state index in [0.717, 1.165) is 37.7 Å². The van der Waals surface area contributed by atoms with Crippen molar-refractivity contribution in [3.05, 3.63) is 11.6 Å². The van der Waals surface area contributed by atoms with Crippen LogP contribution in [0.2, 0.25) is 0 Å². The van der Waals surface area contributed by atoms with Crippen LogP contribution in [-0.4, -0.2) is 84.6 Å². The second kappa shape index (κ2) is 17.2. The van der Waals surface area contributed by atoms with Crippen molar-refractivity contribution in [3.63, 3.8) is 0 Å². The molecule has 1 saturated heterocycles. The highest BCUT2D eigenvalue weighted by molar-refractivity contribution is 5.85. The average Bonchev–Trinajstić information content (AvgIpc) is 3.48. The molecule has 0 aromatic heterocycles. The SMILES string of the molecule is CC(=O)OC[C@H]1O[C@@H](O[C@@](C)(CCC=C(C)C)[C@H]2CC[C@]3(C)[C@@H]2[C@H](OC(C)=O)C[C@@H]2[C@@]4(C)CCC(=O)C(C)(C)[C@@H]4CC[C@]23C)[C@H](OC(C)=O)[C@@H](OC(C)=O)[C@@H]1OC(C)=O. The lowest BCUT2D eigenvalue weighted by Crippen LogP contribution is -2.67. The predicted molar refractivity (Wildman–Crippen MR) is 215 cm³/mol. The van der Waals surface area contributed by atoms with Gasteiger partial charge in [0.05, 0.1) is 5.60 Å². The topological polar surface area (TPSA) is 167 Å². The highest BCUT2D eigenvalue weighted by Crippen LogP contribution is 2.76. The van der Waals surface area contributed by atoms with E-state index < -0.39 is 71.7 Å². The fourth-order valence-corrected chi connectivity index (χ4v) is 13.1. The average molecular weight is 831 g/mol. The Morgan fingerprint density at radius 3 is 1.88 bits per heavy atom. The van der Waals surface area contributed by atoms with Gasteiger partial charge in [-0.05, 0) is 106 Å². The Labute approximate surface area is 350 Å². The van der Waals surface area contributed by atoms with Gasteiger partial charge < -0.3 is 33.2 Å². The molecule has 4 saturated carbocycles. The third-order valence-electron chi connectivity index (χ3n) is 15.7. The number of carbonyl (C=O) groups is 6. The number of ketones is 1. The molecule has 1 aliphatic heterocycles. The molecule has 0 aromatic carbocycles. The summed E-state index contributed by atoms with van der Waals surface area (Å²) in [5.41, 5.74) is -0.918. The Bertz CT molecular complexity index is 1680. The molecule has 0 aromatic rings. The standard InChI is InChI=1S/C46H70O13/c1-25(2)15-14-19-46(13,59-41-40(57-30(7)51)39(56-29(6)50)38(55-28(5)49)33(58-41)24-53-26(3)47)31-16-21-45(12)37(31)32(54-27(4)48)23-35-43(10)20-18-36(52)42(8,9)34(43)17-22-44(35,45)11/h15,31-35,37-41H,14,16-24H2,1-13H3/t31-,32+,33+,34-,35+,37-,38+,39-,40+,41-,43-,44+,45+,46-/m0/s1. The molecule has 5 aliphatic rings. The van der Waals surface area contributed by atoms with Crippen LogP contribution in [-0.2, 0) is 61.9 Å². The van der Waals surface area contributed by atoms with E-state index in [1.54, 1.807) is 0 Å². The zero-order valence-corrected chi connectivity index (χ0v) is 37.7. The molecular formula is C46H70O13. The minimum absolute atomic E-state index is 0.132. The largest absolute Gasteiger partial charge is 0.463 e. The normalized spacial score (nSPS) is 39.5. The molecule has 5 fully saturated rings. The minimum Gasteiger partial charge on any atom is -0.463 e. The van der Waals surface area contributed by atoms with Crippen molar-refractivity contribution in [3.8, 4) is 0 Å². The second-order valence-electron chi connectivity index (χ2n) is 20.0. The summed E-state index contributed by atoms with van der Waals surface area (Å²) >= 11 is 0. The van der Waals surface area contributed by atoms with Crippen molar-refractivity contribution >= 4 is 35.6 Å². The Balaban J connectivity index is 1.62. The Kier molecular flexibility index (Phi) is 13.6. The maximum absolute atomic E-state index is 13.4. The summed E-state index contributed by atoms with van der Waals surface area (Å²) in [7, 11) is 0. The van der Waals surface area contributed by atoms with E-state index in [-0.39, 0.29) is 52.5 Å². The lowest BCUT2D eigenvalue weighted by atomic mass is 9.35. The summed E-state index contributed by atoms with van der Waals surface area (Å²) in [5, 5.41) is 0. The van der Waals surface area contributed by atoms with Crippen molar-refractivity contribution < 1.29 is 61.9 Å². The first-order chi connectivity index (χ1) is 27.3. The smallest absolute Gasteiger partial charge is 0.303 e. The van der Waals surface area contributed by atoms with E-state index in [0.29, 0.717) is 31.5 Å². The van der Waals surface area contributed by atoms with Gasteiger partial charge in [0, 0.05) is 52.4 Å². The number of carbonyl (C=O) groups excluding carboxylic acids is 6. The van der Waals surface area contributed by atoms with Crippen LogP contribution < -0.4 is 0 Å².